The van der Waals surface area contributed by atoms with Crippen LogP contribution in [0, 0.1) is 6.92 Å². The first-order valence-electron chi connectivity index (χ1n) is 8.90. The van der Waals surface area contributed by atoms with E-state index in [0.717, 1.165) is 34.1 Å². The number of H-pyrrole nitrogens is 1. The van der Waals surface area contributed by atoms with Gasteiger partial charge in [0.15, 0.2) is 5.78 Å². The number of ketones is 1. The number of rotatable bonds is 5. The molecule has 26 heavy (non-hydrogen) atoms. The number of carbonyl (C=O) groups excluding carboxylic acids is 1. The van der Waals surface area contributed by atoms with Gasteiger partial charge in [-0.1, -0.05) is 37.3 Å². The zero-order valence-corrected chi connectivity index (χ0v) is 15.0. The van der Waals surface area contributed by atoms with Crippen LogP contribution in [0.2, 0.25) is 0 Å². The first kappa shape index (κ1) is 16.4. The van der Waals surface area contributed by atoms with Gasteiger partial charge in [-0.15, -0.1) is 0 Å². The molecule has 5 nitrogen and oxygen atoms in total. The van der Waals surface area contributed by atoms with Crippen LogP contribution in [0.5, 0.6) is 0 Å². The lowest BCUT2D eigenvalue weighted by Gasteiger charge is -2.04. The summed E-state index contributed by atoms with van der Waals surface area (Å²) in [5.41, 5.74) is 3.99. The fourth-order valence-electron chi connectivity index (χ4n) is 3.72. The van der Waals surface area contributed by atoms with Gasteiger partial charge in [-0.05, 0) is 31.5 Å². The number of benzene rings is 2. The fourth-order valence-corrected chi connectivity index (χ4v) is 3.72. The fraction of sp³-hybridized carbons (Fsp3) is 0.238. The van der Waals surface area contributed by atoms with Gasteiger partial charge < -0.3 is 4.98 Å². The highest BCUT2D eigenvalue weighted by molar-refractivity contribution is 6.09. The van der Waals surface area contributed by atoms with Crippen molar-refractivity contribution in [1.82, 2.24) is 14.1 Å². The number of hydrogen-bond donors (Lipinski definition) is 1. The van der Waals surface area contributed by atoms with Crippen LogP contribution in [-0.2, 0) is 13.1 Å². The van der Waals surface area contributed by atoms with E-state index in [1.807, 2.05) is 62.4 Å². The second-order valence-electron chi connectivity index (χ2n) is 6.60. The number of nitrogens with zero attached hydrogens (tertiary/aromatic N) is 2. The van der Waals surface area contributed by atoms with Crippen LogP contribution in [0.1, 0.15) is 29.4 Å². The lowest BCUT2D eigenvalue weighted by molar-refractivity contribution is 0.0973. The van der Waals surface area contributed by atoms with E-state index in [-0.39, 0.29) is 18.0 Å². The van der Waals surface area contributed by atoms with E-state index in [1.165, 1.54) is 0 Å². The summed E-state index contributed by atoms with van der Waals surface area (Å²) in [5.74, 6) is -0.0542. The van der Waals surface area contributed by atoms with Gasteiger partial charge in [0.2, 0.25) is 0 Å². The zero-order chi connectivity index (χ0) is 18.3. The standard InChI is InChI=1S/C21H21N3O2/c1-3-12-23-17-10-6-7-11-18(17)24(21(23)26)13-19(25)20-14(2)22-16-9-5-4-8-15(16)20/h4-11,22H,3,12-13H2,1-2H3. The van der Waals surface area contributed by atoms with Crippen molar-refractivity contribution in [1.29, 1.82) is 0 Å². The molecule has 2 heterocycles. The van der Waals surface area contributed by atoms with E-state index < -0.39 is 0 Å². The molecular formula is C21H21N3O2. The second-order valence-corrected chi connectivity index (χ2v) is 6.60. The van der Waals surface area contributed by atoms with Gasteiger partial charge in [-0.3, -0.25) is 13.9 Å². The van der Waals surface area contributed by atoms with Crippen LogP contribution >= 0.6 is 0 Å². The Morgan fingerprint density at radius 3 is 2.38 bits per heavy atom. The molecule has 0 saturated carbocycles. The average Bonchev–Trinajstić information content (AvgIpc) is 3.11. The molecule has 0 saturated heterocycles. The monoisotopic (exact) mass is 347 g/mol. The third kappa shape index (κ3) is 2.47. The third-order valence-corrected chi connectivity index (χ3v) is 4.85. The third-order valence-electron chi connectivity index (χ3n) is 4.85. The SMILES string of the molecule is CCCn1c(=O)n(CC(=O)c2c(C)[nH]c3ccccc23)c2ccccc21. The van der Waals surface area contributed by atoms with Crippen molar-refractivity contribution in [3.8, 4) is 0 Å². The summed E-state index contributed by atoms with van der Waals surface area (Å²) in [6, 6.07) is 15.4. The number of aromatic amines is 1. The minimum absolute atomic E-state index is 0.0404. The topological polar surface area (TPSA) is 59.8 Å². The molecule has 0 aliphatic carbocycles. The van der Waals surface area contributed by atoms with Crippen molar-refractivity contribution in [2.24, 2.45) is 0 Å². The number of imidazole rings is 1. The Labute approximate surface area is 150 Å². The maximum absolute atomic E-state index is 13.1. The minimum atomic E-state index is -0.126. The van der Waals surface area contributed by atoms with Crippen LogP contribution in [0.3, 0.4) is 0 Å². The van der Waals surface area contributed by atoms with Crippen LogP contribution in [0.25, 0.3) is 21.9 Å². The largest absolute Gasteiger partial charge is 0.358 e. The maximum atomic E-state index is 13.1. The van der Waals surface area contributed by atoms with E-state index >= 15 is 0 Å². The molecule has 4 aromatic rings. The molecule has 0 unspecified atom stereocenters. The predicted molar refractivity (Wildman–Crippen MR) is 104 cm³/mol. The molecule has 0 fully saturated rings. The summed E-state index contributed by atoms with van der Waals surface area (Å²) >= 11 is 0. The lowest BCUT2D eigenvalue weighted by atomic mass is 10.1. The number of Topliss-reactive ketones (excluding diaryl/α,β-unsaturated/α-hetero) is 1. The van der Waals surface area contributed by atoms with Crippen LogP contribution < -0.4 is 5.69 Å². The number of carbonyl (C=O) groups is 1. The summed E-state index contributed by atoms with van der Waals surface area (Å²) in [6.45, 7) is 4.63. The molecule has 0 aliphatic rings. The average molecular weight is 347 g/mol. The minimum Gasteiger partial charge on any atom is -0.358 e. The number of fused-ring (bicyclic) bond motifs is 2. The Kier molecular flexibility index (Phi) is 3.99. The van der Waals surface area contributed by atoms with Crippen molar-refractivity contribution in [3.05, 3.63) is 70.3 Å². The smallest absolute Gasteiger partial charge is 0.329 e. The lowest BCUT2D eigenvalue weighted by Crippen LogP contribution is -2.27. The van der Waals surface area contributed by atoms with Crippen LogP contribution in [-0.4, -0.2) is 19.9 Å². The Bertz CT molecular complexity index is 1180. The van der Waals surface area contributed by atoms with Crippen molar-refractivity contribution in [3.63, 3.8) is 0 Å². The first-order chi connectivity index (χ1) is 12.6. The summed E-state index contributed by atoms with van der Waals surface area (Å²) in [5, 5.41) is 0.903. The quantitative estimate of drug-likeness (QED) is 0.557. The highest BCUT2D eigenvalue weighted by Gasteiger charge is 2.19. The van der Waals surface area contributed by atoms with Crippen molar-refractivity contribution in [2.75, 3.05) is 0 Å². The van der Waals surface area contributed by atoms with E-state index in [2.05, 4.69) is 4.98 Å². The van der Waals surface area contributed by atoms with E-state index in [0.29, 0.717) is 12.1 Å². The van der Waals surface area contributed by atoms with E-state index in [9.17, 15) is 9.59 Å². The first-order valence-corrected chi connectivity index (χ1v) is 8.90. The van der Waals surface area contributed by atoms with Gasteiger partial charge in [0.05, 0.1) is 17.6 Å². The molecule has 0 aliphatic heterocycles. The zero-order valence-electron chi connectivity index (χ0n) is 15.0. The van der Waals surface area contributed by atoms with Crippen LogP contribution in [0.4, 0.5) is 0 Å². The molecule has 0 amide bonds. The molecule has 0 atom stereocenters. The number of nitrogens with one attached hydrogen (secondary N) is 1. The van der Waals surface area contributed by atoms with Crippen LogP contribution in [0.15, 0.2) is 53.3 Å². The molecule has 5 heteroatoms. The summed E-state index contributed by atoms with van der Waals surface area (Å²) < 4.78 is 3.35. The van der Waals surface area contributed by atoms with Gasteiger partial charge in [0.25, 0.3) is 0 Å². The molecule has 0 bridgehead atoms. The van der Waals surface area contributed by atoms with Gasteiger partial charge in [0.1, 0.15) is 0 Å². The number of aromatic nitrogens is 3. The number of para-hydroxylation sites is 3. The summed E-state index contributed by atoms with van der Waals surface area (Å²) in [7, 11) is 0. The van der Waals surface area contributed by atoms with Gasteiger partial charge >= 0.3 is 5.69 Å². The number of hydrogen-bond acceptors (Lipinski definition) is 2. The Morgan fingerprint density at radius 2 is 1.65 bits per heavy atom. The Morgan fingerprint density at radius 1 is 1.00 bits per heavy atom. The summed E-state index contributed by atoms with van der Waals surface area (Å²) in [4.78, 5) is 29.2. The second kappa shape index (κ2) is 6.33. The molecule has 0 radical (unpaired) electrons. The van der Waals surface area contributed by atoms with Gasteiger partial charge in [-0.2, -0.15) is 0 Å². The van der Waals surface area contributed by atoms with Gasteiger partial charge in [0, 0.05) is 28.7 Å². The normalized spacial score (nSPS) is 11.5. The molecule has 0 spiro atoms. The molecule has 132 valence electrons. The number of aryl methyl sites for hydroxylation is 2. The molecule has 1 N–H and O–H groups in total. The highest BCUT2D eigenvalue weighted by atomic mass is 16.2. The summed E-state index contributed by atoms with van der Waals surface area (Å²) in [6.07, 6.45) is 0.865. The van der Waals surface area contributed by atoms with Crippen molar-refractivity contribution >= 4 is 27.7 Å². The van der Waals surface area contributed by atoms with Gasteiger partial charge in [-0.25, -0.2) is 4.79 Å². The Hall–Kier alpha value is -3.08. The maximum Gasteiger partial charge on any atom is 0.329 e. The molecule has 4 rings (SSSR count). The molecule has 2 aromatic carbocycles. The van der Waals surface area contributed by atoms with Crippen molar-refractivity contribution in [2.45, 2.75) is 33.4 Å². The Balaban J connectivity index is 1.82. The van der Waals surface area contributed by atoms with E-state index in [1.54, 1.807) is 9.13 Å². The highest BCUT2D eigenvalue weighted by Crippen LogP contribution is 2.23. The van der Waals surface area contributed by atoms with Crippen molar-refractivity contribution < 1.29 is 4.79 Å². The molecular weight excluding hydrogens is 326 g/mol. The predicted octanol–water partition coefficient (Wildman–Crippen LogP) is 3.89. The van der Waals surface area contributed by atoms with E-state index in [4.69, 9.17) is 0 Å². The molecule has 2 aromatic heterocycles.